The third kappa shape index (κ3) is 4.76. The predicted molar refractivity (Wildman–Crippen MR) is 116 cm³/mol. The van der Waals surface area contributed by atoms with Gasteiger partial charge in [-0.2, -0.15) is 0 Å². The first kappa shape index (κ1) is 20.7. The highest BCUT2D eigenvalue weighted by Gasteiger charge is 2.14. The van der Waals surface area contributed by atoms with E-state index in [1.807, 2.05) is 0 Å². The van der Waals surface area contributed by atoms with Crippen LogP contribution in [-0.2, 0) is 6.42 Å². The van der Waals surface area contributed by atoms with Gasteiger partial charge in [0.15, 0.2) is 0 Å². The Labute approximate surface area is 168 Å². The van der Waals surface area contributed by atoms with Gasteiger partial charge < -0.3 is 5.32 Å². The molecule has 3 aromatic rings. The largest absolute Gasteiger partial charge is 0.317 e. The Morgan fingerprint density at radius 3 is 2.35 bits per heavy atom. The first-order valence-corrected chi connectivity index (χ1v) is 9.05. The number of hydrogen-bond donors (Lipinski definition) is 1. The van der Waals surface area contributed by atoms with Crippen molar-refractivity contribution in [1.29, 1.82) is 0 Å². The van der Waals surface area contributed by atoms with Gasteiger partial charge in [0, 0.05) is 10.9 Å². The van der Waals surface area contributed by atoms with Crippen molar-refractivity contribution in [2.24, 2.45) is 5.92 Å². The number of nitrogens with one attached hydrogen (secondary N) is 1. The quantitative estimate of drug-likeness (QED) is 0.621. The minimum absolute atomic E-state index is 0. The number of piperidine rings is 1. The average molecular weight is 389 g/mol. The fourth-order valence-corrected chi connectivity index (χ4v) is 3.74. The number of para-hydroxylation sites is 1. The molecule has 2 heterocycles. The highest BCUT2D eigenvalue weighted by atomic mass is 35.5. The first-order chi connectivity index (χ1) is 11.9. The topological polar surface area (TPSA) is 24.9 Å². The summed E-state index contributed by atoms with van der Waals surface area (Å²) in [5.41, 5.74) is 4.85. The van der Waals surface area contributed by atoms with Gasteiger partial charge in [-0.3, -0.25) is 0 Å². The van der Waals surface area contributed by atoms with E-state index in [0.717, 1.165) is 23.5 Å². The van der Waals surface area contributed by atoms with E-state index < -0.39 is 0 Å². The Hall–Kier alpha value is -1.61. The van der Waals surface area contributed by atoms with Crippen molar-refractivity contribution in [1.82, 2.24) is 10.3 Å². The van der Waals surface area contributed by atoms with E-state index in [2.05, 4.69) is 66.0 Å². The minimum atomic E-state index is 0. The van der Waals surface area contributed by atoms with Gasteiger partial charge >= 0.3 is 0 Å². The van der Waals surface area contributed by atoms with Crippen LogP contribution in [0.2, 0.25) is 0 Å². The smallest absolute Gasteiger partial charge is 0.0712 e. The molecule has 0 bridgehead atoms. The number of nitrogens with zero attached hydrogens (tertiary/aromatic N) is 1. The Balaban J connectivity index is 0.00000121. The molecule has 0 spiro atoms. The highest BCUT2D eigenvalue weighted by molar-refractivity contribution is 5.86. The second-order valence-electron chi connectivity index (χ2n) is 6.78. The molecule has 0 radical (unpaired) electrons. The second-order valence-corrected chi connectivity index (χ2v) is 6.78. The molecule has 0 atom stereocenters. The van der Waals surface area contributed by atoms with Crippen LogP contribution in [0.1, 0.15) is 24.8 Å². The van der Waals surface area contributed by atoms with Crippen LogP contribution in [-0.4, -0.2) is 18.1 Å². The SMILES string of the molecule is Cl.Cl.c1ccc(-c2cc(CCC3CCNCC3)c3ccccc3n2)cc1. The predicted octanol–water partition coefficient (Wildman–Crippen LogP) is 5.68. The summed E-state index contributed by atoms with van der Waals surface area (Å²) >= 11 is 0. The van der Waals surface area contributed by atoms with Crippen molar-refractivity contribution < 1.29 is 0 Å². The third-order valence-corrected chi connectivity index (χ3v) is 5.15. The van der Waals surface area contributed by atoms with Crippen molar-refractivity contribution in [3.8, 4) is 11.3 Å². The molecular formula is C22H26Cl2N2. The first-order valence-electron chi connectivity index (χ1n) is 9.05. The lowest BCUT2D eigenvalue weighted by molar-refractivity contribution is 0.354. The van der Waals surface area contributed by atoms with E-state index in [1.54, 1.807) is 0 Å². The summed E-state index contributed by atoms with van der Waals surface area (Å²) in [5, 5.41) is 4.77. The minimum Gasteiger partial charge on any atom is -0.317 e. The summed E-state index contributed by atoms with van der Waals surface area (Å²) in [4.78, 5) is 4.89. The van der Waals surface area contributed by atoms with Crippen LogP contribution in [0.15, 0.2) is 60.7 Å². The molecule has 1 aliphatic rings. The van der Waals surface area contributed by atoms with Gasteiger partial charge in [-0.25, -0.2) is 4.98 Å². The molecule has 138 valence electrons. The van der Waals surface area contributed by atoms with Crippen LogP contribution >= 0.6 is 24.8 Å². The molecule has 1 fully saturated rings. The van der Waals surface area contributed by atoms with E-state index >= 15 is 0 Å². The number of aromatic nitrogens is 1. The molecule has 1 aliphatic heterocycles. The molecule has 2 nitrogen and oxygen atoms in total. The van der Waals surface area contributed by atoms with E-state index in [4.69, 9.17) is 4.98 Å². The fourth-order valence-electron chi connectivity index (χ4n) is 3.74. The van der Waals surface area contributed by atoms with E-state index in [-0.39, 0.29) is 24.8 Å². The third-order valence-electron chi connectivity index (χ3n) is 5.15. The zero-order chi connectivity index (χ0) is 16.2. The lowest BCUT2D eigenvalue weighted by Crippen LogP contribution is -2.27. The number of benzene rings is 2. The normalized spacial score (nSPS) is 14.5. The Bertz CT molecular complexity index is 815. The van der Waals surface area contributed by atoms with Gasteiger partial charge in [0.05, 0.1) is 11.2 Å². The zero-order valence-corrected chi connectivity index (χ0v) is 16.5. The highest BCUT2D eigenvalue weighted by Crippen LogP contribution is 2.27. The lowest BCUT2D eigenvalue weighted by atomic mass is 9.90. The van der Waals surface area contributed by atoms with Crippen LogP contribution in [0.3, 0.4) is 0 Å². The summed E-state index contributed by atoms with van der Waals surface area (Å²) in [7, 11) is 0. The number of hydrogen-bond acceptors (Lipinski definition) is 2. The number of aryl methyl sites for hydroxylation is 1. The summed E-state index contributed by atoms with van der Waals surface area (Å²) in [6.07, 6.45) is 5.06. The molecular weight excluding hydrogens is 363 g/mol. The Kier molecular flexibility index (Phi) is 7.89. The van der Waals surface area contributed by atoms with Gasteiger partial charge in [0.2, 0.25) is 0 Å². The monoisotopic (exact) mass is 388 g/mol. The van der Waals surface area contributed by atoms with Crippen molar-refractivity contribution in [3.63, 3.8) is 0 Å². The van der Waals surface area contributed by atoms with Crippen LogP contribution in [0, 0.1) is 5.92 Å². The molecule has 4 rings (SSSR count). The van der Waals surface area contributed by atoms with Gasteiger partial charge in [-0.15, -0.1) is 24.8 Å². The zero-order valence-electron chi connectivity index (χ0n) is 14.9. The maximum atomic E-state index is 4.89. The molecule has 1 saturated heterocycles. The standard InChI is InChI=1S/C22H24N2.2ClH/c1-2-6-18(7-3-1)22-16-19(11-10-17-12-14-23-15-13-17)20-8-4-5-9-21(20)24-22;;/h1-9,16-17,23H,10-15H2;2*1H. The second kappa shape index (κ2) is 9.91. The number of fused-ring (bicyclic) bond motifs is 1. The summed E-state index contributed by atoms with van der Waals surface area (Å²) in [6.45, 7) is 2.36. The molecule has 1 N–H and O–H groups in total. The van der Waals surface area contributed by atoms with E-state index in [9.17, 15) is 0 Å². The van der Waals surface area contributed by atoms with Crippen LogP contribution in [0.5, 0.6) is 0 Å². The van der Waals surface area contributed by atoms with E-state index in [1.165, 1.54) is 48.9 Å². The molecule has 1 aromatic heterocycles. The molecule has 4 heteroatoms. The molecule has 0 unspecified atom stereocenters. The molecule has 0 aliphatic carbocycles. The van der Waals surface area contributed by atoms with Crippen LogP contribution in [0.25, 0.3) is 22.2 Å². The van der Waals surface area contributed by atoms with Crippen LogP contribution in [0.4, 0.5) is 0 Å². The van der Waals surface area contributed by atoms with Gasteiger partial charge in [0.25, 0.3) is 0 Å². The van der Waals surface area contributed by atoms with Crippen molar-refractivity contribution in [2.75, 3.05) is 13.1 Å². The molecule has 2 aromatic carbocycles. The Morgan fingerprint density at radius 1 is 0.885 bits per heavy atom. The van der Waals surface area contributed by atoms with Gasteiger partial charge in [-0.1, -0.05) is 48.5 Å². The molecule has 26 heavy (non-hydrogen) atoms. The number of rotatable bonds is 4. The lowest BCUT2D eigenvalue weighted by Gasteiger charge is -2.22. The number of halogens is 2. The Morgan fingerprint density at radius 2 is 1.58 bits per heavy atom. The van der Waals surface area contributed by atoms with Crippen molar-refractivity contribution in [3.05, 3.63) is 66.2 Å². The fraction of sp³-hybridized carbons (Fsp3) is 0.318. The number of pyridine rings is 1. The maximum Gasteiger partial charge on any atom is 0.0712 e. The van der Waals surface area contributed by atoms with Crippen molar-refractivity contribution >= 4 is 35.7 Å². The van der Waals surface area contributed by atoms with Gasteiger partial charge in [0.1, 0.15) is 0 Å². The van der Waals surface area contributed by atoms with Crippen LogP contribution < -0.4 is 5.32 Å². The van der Waals surface area contributed by atoms with Crippen molar-refractivity contribution in [2.45, 2.75) is 25.7 Å². The molecule has 0 saturated carbocycles. The maximum absolute atomic E-state index is 4.89. The molecule has 0 amide bonds. The summed E-state index contributed by atoms with van der Waals surface area (Å²) < 4.78 is 0. The average Bonchev–Trinajstić information content (AvgIpc) is 2.67. The van der Waals surface area contributed by atoms with E-state index in [0.29, 0.717) is 0 Å². The van der Waals surface area contributed by atoms with Gasteiger partial charge in [-0.05, 0) is 62.4 Å². The summed E-state index contributed by atoms with van der Waals surface area (Å²) in [5.74, 6) is 0.860. The summed E-state index contributed by atoms with van der Waals surface area (Å²) in [6, 6.07) is 21.4.